The van der Waals surface area contributed by atoms with Crippen LogP contribution in [0, 0.1) is 0 Å². The second kappa shape index (κ2) is 6.90. The first kappa shape index (κ1) is 17.4. The Morgan fingerprint density at radius 2 is 1.81 bits per heavy atom. The zero-order valence-corrected chi connectivity index (χ0v) is 11.6. The lowest BCUT2D eigenvalue weighted by Gasteiger charge is -2.15. The van der Waals surface area contributed by atoms with Crippen LogP contribution in [0.2, 0.25) is 0 Å². The molecule has 0 aliphatic carbocycles. The predicted octanol–water partition coefficient (Wildman–Crippen LogP) is 1.55. The number of benzene rings is 1. The van der Waals surface area contributed by atoms with Gasteiger partial charge in [0.05, 0.1) is 12.2 Å². The summed E-state index contributed by atoms with van der Waals surface area (Å²) in [5.74, 6) is -2.65. The number of carbonyl (C=O) groups is 1. The van der Waals surface area contributed by atoms with Gasteiger partial charge in [0.1, 0.15) is 6.04 Å². The molecule has 9 heteroatoms. The van der Waals surface area contributed by atoms with Crippen molar-refractivity contribution in [1.29, 1.82) is 0 Å². The van der Waals surface area contributed by atoms with Crippen molar-refractivity contribution in [3.63, 3.8) is 0 Å². The van der Waals surface area contributed by atoms with Gasteiger partial charge in [-0.3, -0.25) is 4.79 Å². The third kappa shape index (κ3) is 7.09. The van der Waals surface area contributed by atoms with Crippen LogP contribution in [-0.2, 0) is 21.2 Å². The van der Waals surface area contributed by atoms with Gasteiger partial charge >= 0.3 is 12.1 Å². The van der Waals surface area contributed by atoms with E-state index < -0.39 is 40.4 Å². The molecule has 0 radical (unpaired) electrons. The predicted molar refractivity (Wildman–Crippen MR) is 69.2 cm³/mol. The molecule has 0 aromatic heterocycles. The lowest BCUT2D eigenvalue weighted by molar-refractivity contribution is -0.138. The van der Waals surface area contributed by atoms with E-state index >= 15 is 0 Å². The topological polar surface area (TPSA) is 83.5 Å². The van der Waals surface area contributed by atoms with Gasteiger partial charge < -0.3 is 5.11 Å². The Kier molecular flexibility index (Phi) is 5.73. The largest absolute Gasteiger partial charge is 0.480 e. The minimum atomic E-state index is -4.62. The average molecular weight is 325 g/mol. The molecule has 118 valence electrons. The number of sulfonamides is 1. The Hall–Kier alpha value is -1.61. The third-order valence-electron chi connectivity index (χ3n) is 2.56. The number of hydrogen-bond donors (Lipinski definition) is 2. The Balaban J connectivity index is 2.72. The van der Waals surface area contributed by atoms with E-state index in [1.807, 2.05) is 0 Å². The van der Waals surface area contributed by atoms with Gasteiger partial charge in [-0.25, -0.2) is 13.1 Å². The van der Waals surface area contributed by atoms with Gasteiger partial charge in [0, 0.05) is 0 Å². The highest BCUT2D eigenvalue weighted by Crippen LogP contribution is 2.20. The van der Waals surface area contributed by atoms with Crippen LogP contribution in [-0.4, -0.2) is 37.5 Å². The van der Waals surface area contributed by atoms with Crippen molar-refractivity contribution < 1.29 is 31.5 Å². The summed E-state index contributed by atoms with van der Waals surface area (Å²) in [6, 6.07) is 6.68. The molecule has 21 heavy (non-hydrogen) atoms. The second-order valence-corrected chi connectivity index (χ2v) is 6.26. The molecule has 0 amide bonds. The molecule has 0 heterocycles. The highest BCUT2D eigenvalue weighted by molar-refractivity contribution is 7.89. The van der Waals surface area contributed by atoms with Gasteiger partial charge in [0.15, 0.2) is 0 Å². The van der Waals surface area contributed by atoms with Crippen molar-refractivity contribution in [3.8, 4) is 0 Å². The van der Waals surface area contributed by atoms with Crippen LogP contribution >= 0.6 is 0 Å². The number of halogens is 3. The van der Waals surface area contributed by atoms with E-state index in [9.17, 15) is 26.4 Å². The van der Waals surface area contributed by atoms with Crippen LogP contribution in [0.3, 0.4) is 0 Å². The first-order chi connectivity index (χ1) is 9.59. The Labute approximate surface area is 119 Å². The fraction of sp³-hybridized carbons (Fsp3) is 0.417. The first-order valence-electron chi connectivity index (χ1n) is 5.92. The molecular formula is C12H14F3NO4S. The summed E-state index contributed by atoms with van der Waals surface area (Å²) < 4.78 is 60.9. The van der Waals surface area contributed by atoms with E-state index in [1.54, 1.807) is 35.1 Å². The summed E-state index contributed by atoms with van der Waals surface area (Å²) in [7, 11) is -4.33. The molecule has 1 atom stereocenters. The van der Waals surface area contributed by atoms with Gasteiger partial charge in [-0.05, 0) is 12.0 Å². The van der Waals surface area contributed by atoms with Crippen LogP contribution in [0.25, 0.3) is 0 Å². The second-order valence-electron chi connectivity index (χ2n) is 4.38. The van der Waals surface area contributed by atoms with Crippen LogP contribution in [0.5, 0.6) is 0 Å². The summed E-state index contributed by atoms with van der Waals surface area (Å²) in [4.78, 5) is 11.0. The van der Waals surface area contributed by atoms with E-state index in [1.165, 1.54) is 0 Å². The highest BCUT2D eigenvalue weighted by Gasteiger charge is 2.31. The molecule has 0 aliphatic heterocycles. The van der Waals surface area contributed by atoms with Crippen molar-refractivity contribution in [2.75, 3.05) is 5.75 Å². The smallest absolute Gasteiger partial charge is 0.390 e. The van der Waals surface area contributed by atoms with E-state index in [2.05, 4.69) is 0 Å². The maximum absolute atomic E-state index is 12.0. The number of hydrogen-bond acceptors (Lipinski definition) is 3. The van der Waals surface area contributed by atoms with E-state index in [0.717, 1.165) is 0 Å². The first-order valence-corrected chi connectivity index (χ1v) is 7.58. The van der Waals surface area contributed by atoms with Crippen molar-refractivity contribution in [2.24, 2.45) is 0 Å². The fourth-order valence-electron chi connectivity index (χ4n) is 1.55. The molecule has 0 aliphatic rings. The summed E-state index contributed by atoms with van der Waals surface area (Å²) in [6.45, 7) is 0. The number of aliphatic carboxylic acids is 1. The van der Waals surface area contributed by atoms with Gasteiger partial charge in [0.25, 0.3) is 0 Å². The molecule has 1 aromatic rings. The van der Waals surface area contributed by atoms with Crippen molar-refractivity contribution >= 4 is 16.0 Å². The maximum atomic E-state index is 12.0. The van der Waals surface area contributed by atoms with Crippen LogP contribution in [0.4, 0.5) is 13.2 Å². The van der Waals surface area contributed by atoms with E-state index in [-0.39, 0.29) is 6.42 Å². The van der Waals surface area contributed by atoms with Crippen LogP contribution in [0.15, 0.2) is 30.3 Å². The lowest BCUT2D eigenvalue weighted by atomic mass is 10.1. The summed E-state index contributed by atoms with van der Waals surface area (Å²) in [5.41, 5.74) is 0.559. The van der Waals surface area contributed by atoms with Gasteiger partial charge in [-0.15, -0.1) is 0 Å². The molecule has 1 rings (SSSR count). The number of rotatable bonds is 7. The zero-order chi connectivity index (χ0) is 16.1. The van der Waals surface area contributed by atoms with E-state index in [0.29, 0.717) is 5.56 Å². The van der Waals surface area contributed by atoms with Gasteiger partial charge in [-0.2, -0.15) is 13.2 Å². The number of alkyl halides is 3. The molecule has 0 unspecified atom stereocenters. The highest BCUT2D eigenvalue weighted by atomic mass is 32.2. The van der Waals surface area contributed by atoms with Crippen molar-refractivity contribution in [2.45, 2.75) is 25.1 Å². The standard InChI is InChI=1S/C12H14F3NO4S/c13-12(14,15)6-7-21(19,20)16-10(11(17)18)8-9-4-2-1-3-5-9/h1-5,10,16H,6-8H2,(H,17,18)/t10-/m0/s1. The Morgan fingerprint density at radius 1 is 1.24 bits per heavy atom. The SMILES string of the molecule is O=C(O)[C@H](Cc1ccccc1)NS(=O)(=O)CCC(F)(F)F. The van der Waals surface area contributed by atoms with Crippen molar-refractivity contribution in [1.82, 2.24) is 4.72 Å². The normalized spacial score (nSPS) is 13.9. The molecule has 5 nitrogen and oxygen atoms in total. The number of carboxylic acid groups (broad SMARTS) is 1. The third-order valence-corrected chi connectivity index (χ3v) is 3.94. The fourth-order valence-corrected chi connectivity index (χ4v) is 2.79. The molecule has 0 bridgehead atoms. The summed E-state index contributed by atoms with van der Waals surface area (Å²) in [6.07, 6.45) is -6.30. The Bertz CT molecular complexity index is 572. The minimum absolute atomic E-state index is 0.151. The number of nitrogens with one attached hydrogen (secondary N) is 1. The summed E-state index contributed by atoms with van der Waals surface area (Å²) >= 11 is 0. The lowest BCUT2D eigenvalue weighted by Crippen LogP contribution is -2.43. The molecule has 2 N–H and O–H groups in total. The van der Waals surface area contributed by atoms with Crippen LogP contribution in [0.1, 0.15) is 12.0 Å². The van der Waals surface area contributed by atoms with E-state index in [4.69, 9.17) is 5.11 Å². The average Bonchev–Trinajstić information content (AvgIpc) is 2.36. The molecule has 0 saturated heterocycles. The maximum Gasteiger partial charge on any atom is 0.390 e. The monoisotopic (exact) mass is 325 g/mol. The molecule has 1 aromatic carbocycles. The van der Waals surface area contributed by atoms with Crippen LogP contribution < -0.4 is 4.72 Å². The van der Waals surface area contributed by atoms with Crippen molar-refractivity contribution in [3.05, 3.63) is 35.9 Å². The quantitative estimate of drug-likeness (QED) is 0.797. The number of carboxylic acids is 1. The Morgan fingerprint density at radius 3 is 2.29 bits per heavy atom. The van der Waals surface area contributed by atoms with Gasteiger partial charge in [0.2, 0.25) is 10.0 Å². The molecule has 0 spiro atoms. The minimum Gasteiger partial charge on any atom is -0.480 e. The molecule has 0 saturated carbocycles. The summed E-state index contributed by atoms with van der Waals surface area (Å²) in [5, 5.41) is 8.98. The zero-order valence-electron chi connectivity index (χ0n) is 10.8. The molecular weight excluding hydrogens is 311 g/mol. The molecule has 0 fully saturated rings. The van der Waals surface area contributed by atoms with Gasteiger partial charge in [-0.1, -0.05) is 30.3 Å².